The summed E-state index contributed by atoms with van der Waals surface area (Å²) in [6, 6.07) is 5.74. The number of nitrogens with zero attached hydrogens (tertiary/aromatic N) is 3. The number of fused-ring (bicyclic) bond motifs is 1. The maximum Gasteiger partial charge on any atom is 0.239 e. The molecule has 0 unspecified atom stereocenters. The standard InChI is InChI=1S/C22H29N5O2/c28-20(13-22-10-15-7-16(11-22)9-17(8-15)12-22)24-14-21(29)23-5-4-19-26-25-18-3-1-2-6-27(18)19/h1-3,6,15-17H,4-5,7-14H2,(H,23,29)(H,24,28). The highest BCUT2D eigenvalue weighted by Gasteiger charge is 2.51. The van der Waals surface area contributed by atoms with Gasteiger partial charge in [-0.25, -0.2) is 0 Å². The van der Waals surface area contributed by atoms with Crippen molar-refractivity contribution in [2.24, 2.45) is 23.2 Å². The van der Waals surface area contributed by atoms with Crippen molar-refractivity contribution in [1.29, 1.82) is 0 Å². The van der Waals surface area contributed by atoms with Gasteiger partial charge in [0.25, 0.3) is 0 Å². The lowest BCUT2D eigenvalue weighted by atomic mass is 9.49. The third-order valence-corrected chi connectivity index (χ3v) is 7.20. The zero-order chi connectivity index (χ0) is 19.8. The van der Waals surface area contributed by atoms with E-state index < -0.39 is 0 Å². The minimum absolute atomic E-state index is 0.0329. The molecule has 2 amide bonds. The van der Waals surface area contributed by atoms with E-state index in [1.807, 2.05) is 28.8 Å². The third-order valence-electron chi connectivity index (χ3n) is 7.20. The van der Waals surface area contributed by atoms with Crippen LogP contribution in [0.3, 0.4) is 0 Å². The predicted molar refractivity (Wildman–Crippen MR) is 108 cm³/mol. The van der Waals surface area contributed by atoms with Gasteiger partial charge in [0, 0.05) is 25.6 Å². The fourth-order valence-electron chi connectivity index (χ4n) is 6.53. The lowest BCUT2D eigenvalue weighted by Crippen LogP contribution is -2.48. The maximum atomic E-state index is 12.5. The smallest absolute Gasteiger partial charge is 0.239 e. The van der Waals surface area contributed by atoms with Crippen LogP contribution in [0, 0.1) is 23.2 Å². The van der Waals surface area contributed by atoms with E-state index in [0.717, 1.165) is 29.2 Å². The summed E-state index contributed by atoms with van der Waals surface area (Å²) in [6.45, 7) is 0.519. The van der Waals surface area contributed by atoms with Crippen molar-refractivity contribution in [3.8, 4) is 0 Å². The molecule has 0 aliphatic heterocycles. The molecular weight excluding hydrogens is 366 g/mol. The molecule has 0 spiro atoms. The van der Waals surface area contributed by atoms with Crippen LogP contribution in [0.25, 0.3) is 5.65 Å². The van der Waals surface area contributed by atoms with Crippen LogP contribution in [0.1, 0.15) is 50.8 Å². The fraction of sp³-hybridized carbons (Fsp3) is 0.636. The number of nitrogens with one attached hydrogen (secondary N) is 2. The van der Waals surface area contributed by atoms with E-state index in [-0.39, 0.29) is 23.8 Å². The number of rotatable bonds is 7. The van der Waals surface area contributed by atoms with Gasteiger partial charge in [-0.1, -0.05) is 6.07 Å². The molecule has 0 radical (unpaired) electrons. The van der Waals surface area contributed by atoms with Gasteiger partial charge in [-0.05, 0) is 73.8 Å². The molecule has 2 aromatic rings. The Bertz CT molecular complexity index is 886. The maximum absolute atomic E-state index is 12.5. The Kier molecular flexibility index (Phi) is 4.76. The molecule has 7 nitrogen and oxygen atoms in total. The molecule has 4 aliphatic rings. The van der Waals surface area contributed by atoms with Crippen LogP contribution >= 0.6 is 0 Å². The first kappa shape index (κ1) is 18.6. The van der Waals surface area contributed by atoms with Crippen LogP contribution in [-0.2, 0) is 16.0 Å². The van der Waals surface area contributed by atoms with Crippen molar-refractivity contribution in [1.82, 2.24) is 25.2 Å². The molecule has 2 heterocycles. The van der Waals surface area contributed by atoms with E-state index in [2.05, 4.69) is 20.8 Å². The summed E-state index contributed by atoms with van der Waals surface area (Å²) in [5, 5.41) is 14.0. The van der Waals surface area contributed by atoms with E-state index in [1.165, 1.54) is 38.5 Å². The number of hydrogen-bond donors (Lipinski definition) is 2. The monoisotopic (exact) mass is 395 g/mol. The van der Waals surface area contributed by atoms with Gasteiger partial charge in [0.1, 0.15) is 5.82 Å². The molecular formula is C22H29N5O2. The SMILES string of the molecule is O=C(CNC(=O)CC12CC3CC(CC(C3)C1)C2)NCCc1nnc2ccccn12. The predicted octanol–water partition coefficient (Wildman–Crippen LogP) is 2.11. The number of carbonyl (C=O) groups excluding carboxylic acids is 2. The Morgan fingerprint density at radius 3 is 2.45 bits per heavy atom. The third kappa shape index (κ3) is 3.87. The van der Waals surface area contributed by atoms with E-state index in [4.69, 9.17) is 0 Å². The van der Waals surface area contributed by atoms with Gasteiger partial charge in [0.05, 0.1) is 6.54 Å². The second-order valence-corrected chi connectivity index (χ2v) is 9.52. The van der Waals surface area contributed by atoms with Gasteiger partial charge in [-0.15, -0.1) is 10.2 Å². The Hall–Kier alpha value is -2.44. The van der Waals surface area contributed by atoms with Crippen LogP contribution in [0.2, 0.25) is 0 Å². The van der Waals surface area contributed by atoms with E-state index in [0.29, 0.717) is 19.4 Å². The Labute approximate surface area is 170 Å². The molecule has 0 aromatic carbocycles. The zero-order valence-electron chi connectivity index (χ0n) is 16.8. The zero-order valence-corrected chi connectivity index (χ0v) is 16.8. The average Bonchev–Trinajstić information content (AvgIpc) is 3.08. The molecule has 0 atom stereocenters. The molecule has 4 fully saturated rings. The molecule has 2 N–H and O–H groups in total. The van der Waals surface area contributed by atoms with Gasteiger partial charge in [-0.2, -0.15) is 0 Å². The molecule has 4 saturated carbocycles. The highest BCUT2D eigenvalue weighted by molar-refractivity contribution is 5.84. The normalized spacial score (nSPS) is 29.9. The van der Waals surface area contributed by atoms with E-state index >= 15 is 0 Å². The Balaban J connectivity index is 1.06. The second-order valence-electron chi connectivity index (χ2n) is 9.52. The van der Waals surface area contributed by atoms with Crippen LogP contribution < -0.4 is 10.6 Å². The van der Waals surface area contributed by atoms with E-state index in [9.17, 15) is 9.59 Å². The number of pyridine rings is 1. The summed E-state index contributed by atoms with van der Waals surface area (Å²) in [4.78, 5) is 24.7. The second kappa shape index (κ2) is 7.43. The van der Waals surface area contributed by atoms with Gasteiger partial charge in [0.2, 0.25) is 11.8 Å². The van der Waals surface area contributed by atoms with E-state index in [1.54, 1.807) is 0 Å². The molecule has 154 valence electrons. The molecule has 2 aromatic heterocycles. The van der Waals surface area contributed by atoms with Crippen LogP contribution in [0.15, 0.2) is 24.4 Å². The van der Waals surface area contributed by atoms with Crippen molar-refractivity contribution < 1.29 is 9.59 Å². The molecule has 7 heteroatoms. The van der Waals surface area contributed by atoms with Gasteiger partial charge < -0.3 is 10.6 Å². The van der Waals surface area contributed by atoms with Crippen molar-refractivity contribution in [2.75, 3.05) is 13.1 Å². The first-order chi connectivity index (χ1) is 14.1. The summed E-state index contributed by atoms with van der Waals surface area (Å²) in [6.07, 6.45) is 10.9. The molecule has 0 saturated heterocycles. The molecule has 4 aliphatic carbocycles. The molecule has 4 bridgehead atoms. The minimum atomic E-state index is -0.155. The number of hydrogen-bond acceptors (Lipinski definition) is 4. The quantitative estimate of drug-likeness (QED) is 0.752. The topological polar surface area (TPSA) is 88.4 Å². The average molecular weight is 396 g/mol. The number of carbonyl (C=O) groups is 2. The summed E-state index contributed by atoms with van der Waals surface area (Å²) in [7, 11) is 0. The summed E-state index contributed by atoms with van der Waals surface area (Å²) in [5.74, 6) is 3.21. The summed E-state index contributed by atoms with van der Waals surface area (Å²) < 4.78 is 1.92. The van der Waals surface area contributed by atoms with Crippen LogP contribution in [0.4, 0.5) is 0 Å². The summed E-state index contributed by atoms with van der Waals surface area (Å²) in [5.41, 5.74) is 1.01. The van der Waals surface area contributed by atoms with Crippen molar-refractivity contribution in [3.05, 3.63) is 30.2 Å². The number of amides is 2. The molecule has 6 rings (SSSR count). The van der Waals surface area contributed by atoms with Crippen LogP contribution in [-0.4, -0.2) is 39.5 Å². The van der Waals surface area contributed by atoms with Crippen molar-refractivity contribution in [2.45, 2.75) is 51.4 Å². The Morgan fingerprint density at radius 1 is 1.00 bits per heavy atom. The minimum Gasteiger partial charge on any atom is -0.354 e. The fourth-order valence-corrected chi connectivity index (χ4v) is 6.53. The van der Waals surface area contributed by atoms with Crippen LogP contribution in [0.5, 0.6) is 0 Å². The van der Waals surface area contributed by atoms with Crippen molar-refractivity contribution >= 4 is 17.5 Å². The first-order valence-corrected chi connectivity index (χ1v) is 10.9. The number of aromatic nitrogens is 3. The highest BCUT2D eigenvalue weighted by atomic mass is 16.2. The largest absolute Gasteiger partial charge is 0.354 e. The summed E-state index contributed by atoms with van der Waals surface area (Å²) >= 11 is 0. The lowest BCUT2D eigenvalue weighted by molar-refractivity contribution is -0.131. The first-order valence-electron chi connectivity index (χ1n) is 10.9. The Morgan fingerprint density at radius 2 is 1.72 bits per heavy atom. The van der Waals surface area contributed by atoms with Gasteiger partial charge in [-0.3, -0.25) is 14.0 Å². The molecule has 29 heavy (non-hydrogen) atoms. The van der Waals surface area contributed by atoms with Gasteiger partial charge in [0.15, 0.2) is 5.65 Å². The lowest BCUT2D eigenvalue weighted by Gasteiger charge is -2.56. The highest BCUT2D eigenvalue weighted by Crippen LogP contribution is 2.61. The van der Waals surface area contributed by atoms with Gasteiger partial charge >= 0.3 is 0 Å². The van der Waals surface area contributed by atoms with Crippen molar-refractivity contribution in [3.63, 3.8) is 0 Å².